The molecule has 1 N–H and O–H groups in total. The minimum atomic E-state index is -0.557. The highest BCUT2D eigenvalue weighted by atomic mass is 16.5. The standard InChI is InChI=1S/C19H22N2O4/c1-4-13-7-6-8-14(5-2)18(13)20-16(22)12-21-11-15(19(24)25-3)9-10-17(21)23/h6-11H,4-5,12H2,1-3H3,(H,20,22). The molecule has 1 heterocycles. The number of hydrogen-bond donors (Lipinski definition) is 1. The summed E-state index contributed by atoms with van der Waals surface area (Å²) in [6, 6.07) is 8.54. The third-order valence-electron chi connectivity index (χ3n) is 3.98. The van der Waals surface area contributed by atoms with Crippen LogP contribution in [0.25, 0.3) is 0 Å². The van der Waals surface area contributed by atoms with E-state index in [-0.39, 0.29) is 23.6 Å². The Morgan fingerprint density at radius 1 is 1.08 bits per heavy atom. The van der Waals surface area contributed by atoms with Crippen molar-refractivity contribution in [3.63, 3.8) is 0 Å². The van der Waals surface area contributed by atoms with E-state index in [0.717, 1.165) is 29.7 Å². The molecule has 0 radical (unpaired) electrons. The molecule has 0 saturated heterocycles. The molecular formula is C19H22N2O4. The number of rotatable bonds is 6. The first-order chi connectivity index (χ1) is 12.0. The molecule has 1 aromatic carbocycles. The second-order valence-electron chi connectivity index (χ2n) is 5.58. The largest absolute Gasteiger partial charge is 0.465 e. The summed E-state index contributed by atoms with van der Waals surface area (Å²) in [6.45, 7) is 3.87. The number of aryl methyl sites for hydroxylation is 2. The molecule has 0 atom stereocenters. The lowest BCUT2D eigenvalue weighted by Crippen LogP contribution is -2.28. The monoisotopic (exact) mass is 342 g/mol. The van der Waals surface area contributed by atoms with Crippen LogP contribution in [0.5, 0.6) is 0 Å². The number of anilines is 1. The van der Waals surface area contributed by atoms with E-state index in [0.29, 0.717) is 0 Å². The first kappa shape index (κ1) is 18.4. The SMILES string of the molecule is CCc1cccc(CC)c1NC(=O)Cn1cc(C(=O)OC)ccc1=O. The van der Waals surface area contributed by atoms with Crippen molar-refractivity contribution in [1.29, 1.82) is 0 Å². The summed E-state index contributed by atoms with van der Waals surface area (Å²) in [5.74, 6) is -0.876. The fourth-order valence-electron chi connectivity index (χ4n) is 2.63. The van der Waals surface area contributed by atoms with Gasteiger partial charge < -0.3 is 14.6 Å². The molecule has 2 rings (SSSR count). The molecule has 0 spiro atoms. The lowest BCUT2D eigenvalue weighted by molar-refractivity contribution is -0.116. The van der Waals surface area contributed by atoms with Crippen molar-refractivity contribution < 1.29 is 14.3 Å². The van der Waals surface area contributed by atoms with Crippen LogP contribution in [0.4, 0.5) is 5.69 Å². The average molecular weight is 342 g/mol. The van der Waals surface area contributed by atoms with Gasteiger partial charge in [0.25, 0.3) is 5.56 Å². The summed E-state index contributed by atoms with van der Waals surface area (Å²) in [4.78, 5) is 36.0. The maximum absolute atomic E-state index is 12.4. The lowest BCUT2D eigenvalue weighted by Gasteiger charge is -2.15. The van der Waals surface area contributed by atoms with Crippen molar-refractivity contribution in [3.8, 4) is 0 Å². The molecule has 0 aliphatic carbocycles. The van der Waals surface area contributed by atoms with Gasteiger partial charge in [0, 0.05) is 18.0 Å². The molecule has 6 heteroatoms. The molecule has 1 aromatic heterocycles. The highest BCUT2D eigenvalue weighted by Gasteiger charge is 2.13. The molecule has 2 aromatic rings. The number of pyridine rings is 1. The van der Waals surface area contributed by atoms with E-state index in [1.807, 2.05) is 32.0 Å². The topological polar surface area (TPSA) is 77.4 Å². The molecule has 0 unspecified atom stereocenters. The fourth-order valence-corrected chi connectivity index (χ4v) is 2.63. The Bertz CT molecular complexity index is 817. The van der Waals surface area contributed by atoms with Crippen LogP contribution < -0.4 is 10.9 Å². The van der Waals surface area contributed by atoms with Crippen LogP contribution >= 0.6 is 0 Å². The first-order valence-electron chi connectivity index (χ1n) is 8.19. The summed E-state index contributed by atoms with van der Waals surface area (Å²) in [6.07, 6.45) is 2.92. The van der Waals surface area contributed by atoms with Crippen LogP contribution in [0.15, 0.2) is 41.3 Å². The summed E-state index contributed by atoms with van der Waals surface area (Å²) in [5.41, 5.74) is 2.75. The van der Waals surface area contributed by atoms with Crippen LogP contribution in [0, 0.1) is 0 Å². The summed E-state index contributed by atoms with van der Waals surface area (Å²) in [5, 5.41) is 2.90. The Morgan fingerprint density at radius 2 is 1.72 bits per heavy atom. The number of hydrogen-bond acceptors (Lipinski definition) is 4. The number of benzene rings is 1. The van der Waals surface area contributed by atoms with Gasteiger partial charge in [-0.05, 0) is 30.0 Å². The average Bonchev–Trinajstić information content (AvgIpc) is 2.62. The maximum Gasteiger partial charge on any atom is 0.339 e. The summed E-state index contributed by atoms with van der Waals surface area (Å²) < 4.78 is 5.83. The molecular weight excluding hydrogens is 320 g/mol. The smallest absolute Gasteiger partial charge is 0.339 e. The van der Waals surface area contributed by atoms with Crippen LogP contribution in [-0.4, -0.2) is 23.6 Å². The molecule has 25 heavy (non-hydrogen) atoms. The van der Waals surface area contributed by atoms with E-state index in [1.54, 1.807) is 0 Å². The van der Waals surface area contributed by atoms with E-state index < -0.39 is 5.97 Å². The number of methoxy groups -OCH3 is 1. The van der Waals surface area contributed by atoms with Crippen molar-refractivity contribution >= 4 is 17.6 Å². The van der Waals surface area contributed by atoms with Gasteiger partial charge in [-0.15, -0.1) is 0 Å². The van der Waals surface area contributed by atoms with Gasteiger partial charge in [0.2, 0.25) is 5.91 Å². The molecule has 0 aliphatic rings. The van der Waals surface area contributed by atoms with Crippen LogP contribution in [-0.2, 0) is 28.9 Å². The number of amides is 1. The Labute approximate surface area is 146 Å². The number of ether oxygens (including phenoxy) is 1. The molecule has 1 amide bonds. The van der Waals surface area contributed by atoms with Gasteiger partial charge in [0.1, 0.15) is 6.54 Å². The first-order valence-corrected chi connectivity index (χ1v) is 8.19. The Kier molecular flexibility index (Phi) is 6.11. The number of aromatic nitrogens is 1. The van der Waals surface area contributed by atoms with Crippen molar-refractivity contribution in [2.24, 2.45) is 0 Å². The van der Waals surface area contributed by atoms with E-state index in [1.165, 1.54) is 30.0 Å². The van der Waals surface area contributed by atoms with Crippen molar-refractivity contribution in [2.75, 3.05) is 12.4 Å². The molecule has 0 aliphatic heterocycles. The zero-order valence-corrected chi connectivity index (χ0v) is 14.7. The third-order valence-corrected chi connectivity index (χ3v) is 3.98. The van der Waals surface area contributed by atoms with E-state index in [9.17, 15) is 14.4 Å². The number of nitrogens with one attached hydrogen (secondary N) is 1. The normalized spacial score (nSPS) is 10.4. The fraction of sp³-hybridized carbons (Fsp3) is 0.316. The third kappa shape index (κ3) is 4.35. The zero-order chi connectivity index (χ0) is 18.4. The van der Waals surface area contributed by atoms with E-state index in [4.69, 9.17) is 0 Å². The Morgan fingerprint density at radius 3 is 2.28 bits per heavy atom. The molecule has 132 valence electrons. The molecule has 0 bridgehead atoms. The van der Waals surface area contributed by atoms with Gasteiger partial charge in [-0.1, -0.05) is 32.0 Å². The van der Waals surface area contributed by atoms with Gasteiger partial charge >= 0.3 is 5.97 Å². The van der Waals surface area contributed by atoms with Crippen LogP contribution in [0.1, 0.15) is 35.3 Å². The van der Waals surface area contributed by atoms with Crippen LogP contribution in [0.2, 0.25) is 0 Å². The van der Waals surface area contributed by atoms with E-state index >= 15 is 0 Å². The number of carbonyl (C=O) groups is 2. The van der Waals surface area contributed by atoms with Crippen molar-refractivity contribution in [1.82, 2.24) is 4.57 Å². The number of para-hydroxylation sites is 1. The molecule has 0 saturated carbocycles. The molecule has 0 fully saturated rings. The highest BCUT2D eigenvalue weighted by molar-refractivity contribution is 5.92. The highest BCUT2D eigenvalue weighted by Crippen LogP contribution is 2.22. The number of nitrogens with zero attached hydrogens (tertiary/aromatic N) is 1. The Balaban J connectivity index is 2.24. The molecule has 6 nitrogen and oxygen atoms in total. The van der Waals surface area contributed by atoms with E-state index in [2.05, 4.69) is 10.1 Å². The van der Waals surface area contributed by atoms with Gasteiger partial charge in [-0.2, -0.15) is 0 Å². The van der Waals surface area contributed by atoms with Gasteiger partial charge in [-0.25, -0.2) is 4.79 Å². The number of carbonyl (C=O) groups excluding carboxylic acids is 2. The maximum atomic E-state index is 12.4. The van der Waals surface area contributed by atoms with Gasteiger partial charge in [0.05, 0.1) is 12.7 Å². The van der Waals surface area contributed by atoms with Crippen molar-refractivity contribution in [3.05, 3.63) is 63.6 Å². The Hall–Kier alpha value is -2.89. The number of esters is 1. The minimum absolute atomic E-state index is 0.176. The predicted molar refractivity (Wildman–Crippen MR) is 95.9 cm³/mol. The second-order valence-corrected chi connectivity index (χ2v) is 5.58. The second kappa shape index (κ2) is 8.28. The zero-order valence-electron chi connectivity index (χ0n) is 14.7. The van der Waals surface area contributed by atoms with Crippen LogP contribution in [0.3, 0.4) is 0 Å². The predicted octanol–water partition coefficient (Wildman–Crippen LogP) is 2.40. The summed E-state index contributed by atoms with van der Waals surface area (Å²) in [7, 11) is 1.26. The minimum Gasteiger partial charge on any atom is -0.465 e. The van der Waals surface area contributed by atoms with Crippen molar-refractivity contribution in [2.45, 2.75) is 33.2 Å². The van der Waals surface area contributed by atoms with Gasteiger partial charge in [-0.3, -0.25) is 9.59 Å². The summed E-state index contributed by atoms with van der Waals surface area (Å²) >= 11 is 0. The van der Waals surface area contributed by atoms with Gasteiger partial charge in [0.15, 0.2) is 0 Å². The quantitative estimate of drug-likeness (QED) is 0.818. The lowest BCUT2D eigenvalue weighted by atomic mass is 10.0.